The van der Waals surface area contributed by atoms with Crippen LogP contribution in [0.15, 0.2) is 164 Å². The van der Waals surface area contributed by atoms with Crippen LogP contribution in [0.25, 0.3) is 99.3 Å². The summed E-state index contributed by atoms with van der Waals surface area (Å²) < 4.78 is 0. The number of rotatable bonds is 4. The van der Waals surface area contributed by atoms with E-state index in [0.717, 1.165) is 99.3 Å². The Kier molecular flexibility index (Phi) is 6.42. The first kappa shape index (κ1) is 28.2. The van der Waals surface area contributed by atoms with Crippen molar-refractivity contribution in [2.75, 3.05) is 0 Å². The van der Waals surface area contributed by atoms with E-state index in [4.69, 9.17) is 15.0 Å². The molecule has 0 aliphatic heterocycles. The molecular formula is C45H27N5. The van der Waals surface area contributed by atoms with Crippen molar-refractivity contribution in [2.24, 2.45) is 0 Å². The van der Waals surface area contributed by atoms with Crippen molar-refractivity contribution in [2.45, 2.75) is 0 Å². The predicted octanol–water partition coefficient (Wildman–Crippen LogP) is 11.1. The smallest absolute Gasteiger partial charge is 0.0972 e. The van der Waals surface area contributed by atoms with E-state index in [1.54, 1.807) is 6.20 Å². The van der Waals surface area contributed by atoms with Crippen molar-refractivity contribution in [1.29, 1.82) is 0 Å². The summed E-state index contributed by atoms with van der Waals surface area (Å²) in [7, 11) is 0. The van der Waals surface area contributed by atoms with Gasteiger partial charge in [0.1, 0.15) is 0 Å². The molecule has 232 valence electrons. The number of nitrogens with zero attached hydrogens (tertiary/aromatic N) is 5. The molecule has 0 radical (unpaired) electrons. The van der Waals surface area contributed by atoms with Gasteiger partial charge in [-0.1, -0.05) is 84.9 Å². The minimum atomic E-state index is 0.916. The molecule has 0 atom stereocenters. The Hall–Kier alpha value is -6.85. The fourth-order valence-electron chi connectivity index (χ4n) is 7.05. The highest BCUT2D eigenvalue weighted by molar-refractivity contribution is 6.07. The summed E-state index contributed by atoms with van der Waals surface area (Å²) in [5, 5.41) is 6.65. The van der Waals surface area contributed by atoms with Crippen molar-refractivity contribution in [3.63, 3.8) is 0 Å². The van der Waals surface area contributed by atoms with E-state index >= 15 is 0 Å². The van der Waals surface area contributed by atoms with Crippen LogP contribution in [-0.2, 0) is 0 Å². The van der Waals surface area contributed by atoms with Crippen molar-refractivity contribution >= 4 is 54.4 Å². The van der Waals surface area contributed by atoms with Crippen LogP contribution in [0.1, 0.15) is 0 Å². The third-order valence-corrected chi connectivity index (χ3v) is 9.58. The largest absolute Gasteiger partial charge is 0.264 e. The summed E-state index contributed by atoms with van der Waals surface area (Å²) in [4.78, 5) is 24.1. The molecule has 0 amide bonds. The third-order valence-electron chi connectivity index (χ3n) is 9.58. The van der Waals surface area contributed by atoms with E-state index < -0.39 is 0 Å². The third kappa shape index (κ3) is 4.75. The molecule has 0 bridgehead atoms. The van der Waals surface area contributed by atoms with Gasteiger partial charge in [0.15, 0.2) is 0 Å². The lowest BCUT2D eigenvalue weighted by atomic mass is 9.95. The van der Waals surface area contributed by atoms with Gasteiger partial charge in [0.2, 0.25) is 0 Å². The van der Waals surface area contributed by atoms with Crippen LogP contribution in [0.4, 0.5) is 0 Å². The second kappa shape index (κ2) is 11.4. The number of hydrogen-bond donors (Lipinski definition) is 0. The lowest BCUT2D eigenvalue weighted by molar-refractivity contribution is 1.30. The van der Waals surface area contributed by atoms with Gasteiger partial charge in [-0.2, -0.15) is 0 Å². The number of fused-ring (bicyclic) bond motifs is 6. The normalized spacial score (nSPS) is 11.6. The van der Waals surface area contributed by atoms with Crippen molar-refractivity contribution in [1.82, 2.24) is 24.9 Å². The first-order valence-corrected chi connectivity index (χ1v) is 16.6. The lowest BCUT2D eigenvalue weighted by Gasteiger charge is -2.13. The average molecular weight is 638 g/mol. The maximum Gasteiger partial charge on any atom is 0.0972 e. The minimum absolute atomic E-state index is 0.916. The fourth-order valence-corrected chi connectivity index (χ4v) is 7.05. The Balaban J connectivity index is 1.01. The predicted molar refractivity (Wildman–Crippen MR) is 205 cm³/mol. The monoisotopic (exact) mass is 637 g/mol. The van der Waals surface area contributed by atoms with E-state index in [1.165, 1.54) is 0 Å². The van der Waals surface area contributed by atoms with Crippen LogP contribution in [0, 0.1) is 0 Å². The Bertz CT molecular complexity index is 2940. The van der Waals surface area contributed by atoms with Crippen LogP contribution in [-0.4, -0.2) is 24.9 Å². The van der Waals surface area contributed by atoms with Gasteiger partial charge >= 0.3 is 0 Å². The molecular weight excluding hydrogens is 611 g/mol. The first-order chi connectivity index (χ1) is 24.7. The lowest BCUT2D eigenvalue weighted by Crippen LogP contribution is -1.92. The molecule has 5 heteroatoms. The highest BCUT2D eigenvalue weighted by Gasteiger charge is 2.14. The van der Waals surface area contributed by atoms with E-state index in [1.807, 2.05) is 30.6 Å². The van der Waals surface area contributed by atoms with Crippen LogP contribution in [0.5, 0.6) is 0 Å². The molecule has 5 heterocycles. The van der Waals surface area contributed by atoms with Gasteiger partial charge in [-0.3, -0.25) is 9.97 Å². The zero-order valence-electron chi connectivity index (χ0n) is 26.8. The second-order valence-corrected chi connectivity index (χ2v) is 12.6. The highest BCUT2D eigenvalue weighted by Crippen LogP contribution is 2.37. The number of hydrogen-bond acceptors (Lipinski definition) is 5. The average Bonchev–Trinajstić information content (AvgIpc) is 3.19. The van der Waals surface area contributed by atoms with Crippen molar-refractivity contribution in [3.8, 4) is 44.9 Å². The maximum absolute atomic E-state index is 5.16. The van der Waals surface area contributed by atoms with Gasteiger partial charge in [-0.15, -0.1) is 0 Å². The van der Waals surface area contributed by atoms with Gasteiger partial charge in [0, 0.05) is 56.8 Å². The van der Waals surface area contributed by atoms with Gasteiger partial charge < -0.3 is 0 Å². The molecule has 5 aromatic carbocycles. The van der Waals surface area contributed by atoms with Crippen molar-refractivity contribution < 1.29 is 0 Å². The summed E-state index contributed by atoms with van der Waals surface area (Å²) in [5.74, 6) is 0. The molecule has 0 unspecified atom stereocenters. The summed E-state index contributed by atoms with van der Waals surface area (Å²) in [6, 6.07) is 50.8. The Morgan fingerprint density at radius 3 is 1.62 bits per heavy atom. The molecule has 5 aromatic heterocycles. The molecule has 0 N–H and O–H groups in total. The second-order valence-electron chi connectivity index (χ2n) is 12.6. The Morgan fingerprint density at radius 1 is 0.360 bits per heavy atom. The number of benzene rings is 5. The van der Waals surface area contributed by atoms with Crippen LogP contribution < -0.4 is 0 Å². The van der Waals surface area contributed by atoms with Gasteiger partial charge in [0.25, 0.3) is 0 Å². The molecule has 0 fully saturated rings. The van der Waals surface area contributed by atoms with E-state index in [0.29, 0.717) is 0 Å². The van der Waals surface area contributed by atoms with Crippen LogP contribution >= 0.6 is 0 Å². The number of aromatic nitrogens is 5. The topological polar surface area (TPSA) is 64.5 Å². The zero-order valence-corrected chi connectivity index (χ0v) is 26.8. The van der Waals surface area contributed by atoms with E-state index in [-0.39, 0.29) is 0 Å². The summed E-state index contributed by atoms with van der Waals surface area (Å²) in [6.45, 7) is 0. The molecule has 0 spiro atoms. The summed E-state index contributed by atoms with van der Waals surface area (Å²) >= 11 is 0. The van der Waals surface area contributed by atoms with Crippen LogP contribution in [0.3, 0.4) is 0 Å². The fraction of sp³-hybridized carbons (Fsp3) is 0. The standard InChI is InChI=1S/C45H27N5/c1-2-8-36-35(7-1)37(16-17-38(36)43-21-11-29-10-9-28-5-4-24-47-44(28)45(29)50-43)42-22-15-33-26-31(13-19-40(33)49-42)30-12-18-39-32(25-30)14-20-41(48-39)34-6-3-23-46-27-34/h1-27H. The SMILES string of the molecule is c1cncc(-c2ccc3cc(-c4ccc5nc(-c6ccc(-c7ccc8ccc9cccnc9c8n7)c7ccccc67)ccc5c4)ccc3n2)c1. The minimum Gasteiger partial charge on any atom is -0.264 e. The van der Waals surface area contributed by atoms with Gasteiger partial charge in [-0.05, 0) is 82.6 Å². The zero-order chi connectivity index (χ0) is 33.0. The summed E-state index contributed by atoms with van der Waals surface area (Å²) in [5.41, 5.74) is 12.0. The molecule has 50 heavy (non-hydrogen) atoms. The molecule has 5 nitrogen and oxygen atoms in total. The molecule has 10 rings (SSSR count). The van der Waals surface area contributed by atoms with Gasteiger partial charge in [0.05, 0.1) is 39.1 Å². The molecule has 0 aliphatic carbocycles. The highest BCUT2D eigenvalue weighted by atomic mass is 14.8. The van der Waals surface area contributed by atoms with Gasteiger partial charge in [-0.25, -0.2) is 15.0 Å². The van der Waals surface area contributed by atoms with E-state index in [2.05, 4.69) is 137 Å². The molecule has 10 aromatic rings. The maximum atomic E-state index is 5.16. The summed E-state index contributed by atoms with van der Waals surface area (Å²) in [6.07, 6.45) is 5.46. The Labute approximate surface area is 287 Å². The van der Waals surface area contributed by atoms with Crippen molar-refractivity contribution in [3.05, 3.63) is 164 Å². The molecule has 0 saturated carbocycles. The molecule has 0 saturated heterocycles. The molecule has 0 aliphatic rings. The van der Waals surface area contributed by atoms with Crippen LogP contribution in [0.2, 0.25) is 0 Å². The van der Waals surface area contributed by atoms with E-state index in [9.17, 15) is 0 Å². The quantitative estimate of drug-likeness (QED) is 0.180. The first-order valence-electron chi connectivity index (χ1n) is 16.6. The number of pyridine rings is 5. The Morgan fingerprint density at radius 2 is 0.940 bits per heavy atom.